The number of aromatic carboxylic acids is 1. The van der Waals surface area contributed by atoms with Crippen LogP contribution in [0.1, 0.15) is 30.1 Å². The highest BCUT2D eigenvalue weighted by atomic mass is 35.5. The SMILES string of the molecule is CCN(C1CC1)S(=O)(=O)c1ccc(Cl)c(C(=O)O)c1. The van der Waals surface area contributed by atoms with E-state index in [9.17, 15) is 13.2 Å². The summed E-state index contributed by atoms with van der Waals surface area (Å²) in [6.45, 7) is 2.14. The zero-order valence-electron chi connectivity index (χ0n) is 10.3. The van der Waals surface area contributed by atoms with Crippen LogP contribution in [0.15, 0.2) is 23.1 Å². The van der Waals surface area contributed by atoms with Gasteiger partial charge in [0.15, 0.2) is 0 Å². The van der Waals surface area contributed by atoms with Gasteiger partial charge in [0.2, 0.25) is 10.0 Å². The number of carboxylic acid groups (broad SMARTS) is 1. The zero-order chi connectivity index (χ0) is 14.2. The molecule has 0 unspecified atom stereocenters. The molecule has 1 aromatic rings. The van der Waals surface area contributed by atoms with Gasteiger partial charge in [-0.2, -0.15) is 4.31 Å². The predicted molar refractivity (Wildman–Crippen MR) is 71.0 cm³/mol. The maximum atomic E-state index is 12.4. The molecule has 0 heterocycles. The number of carboxylic acids is 1. The molecule has 0 spiro atoms. The lowest BCUT2D eigenvalue weighted by Crippen LogP contribution is -2.33. The van der Waals surface area contributed by atoms with E-state index in [0.29, 0.717) is 6.54 Å². The van der Waals surface area contributed by atoms with Crippen molar-refractivity contribution in [3.8, 4) is 0 Å². The second kappa shape index (κ2) is 5.11. The molecule has 1 saturated carbocycles. The summed E-state index contributed by atoms with van der Waals surface area (Å²) in [7, 11) is -3.65. The van der Waals surface area contributed by atoms with E-state index in [4.69, 9.17) is 16.7 Å². The van der Waals surface area contributed by atoms with E-state index in [1.807, 2.05) is 0 Å². The number of rotatable bonds is 5. The molecular weight excluding hydrogens is 290 g/mol. The van der Waals surface area contributed by atoms with Crippen molar-refractivity contribution in [3.05, 3.63) is 28.8 Å². The molecule has 0 amide bonds. The number of sulfonamides is 1. The lowest BCUT2D eigenvalue weighted by atomic mass is 10.2. The molecule has 1 aromatic carbocycles. The van der Waals surface area contributed by atoms with E-state index in [1.54, 1.807) is 6.92 Å². The van der Waals surface area contributed by atoms with Crippen molar-refractivity contribution >= 4 is 27.6 Å². The zero-order valence-corrected chi connectivity index (χ0v) is 11.9. The normalized spacial score (nSPS) is 15.7. The second-order valence-corrected chi connectivity index (χ2v) is 6.68. The average Bonchev–Trinajstić information content (AvgIpc) is 3.14. The molecule has 7 heteroatoms. The molecule has 0 atom stereocenters. The van der Waals surface area contributed by atoms with Gasteiger partial charge in [-0.1, -0.05) is 18.5 Å². The van der Waals surface area contributed by atoms with E-state index in [0.717, 1.165) is 18.9 Å². The number of hydrogen-bond donors (Lipinski definition) is 1. The van der Waals surface area contributed by atoms with Crippen LogP contribution in [0, 0.1) is 0 Å². The van der Waals surface area contributed by atoms with E-state index in [1.165, 1.54) is 16.4 Å². The third-order valence-corrected chi connectivity index (χ3v) is 5.39. The Kier molecular flexibility index (Phi) is 3.85. The average molecular weight is 304 g/mol. The molecule has 104 valence electrons. The molecule has 5 nitrogen and oxygen atoms in total. The Morgan fingerprint density at radius 1 is 1.47 bits per heavy atom. The lowest BCUT2D eigenvalue weighted by Gasteiger charge is -2.20. The molecular formula is C12H14ClNO4S. The van der Waals surface area contributed by atoms with Crippen molar-refractivity contribution in [2.24, 2.45) is 0 Å². The van der Waals surface area contributed by atoms with Gasteiger partial charge < -0.3 is 5.11 Å². The molecule has 0 radical (unpaired) electrons. The third-order valence-electron chi connectivity index (χ3n) is 3.04. The Bertz CT molecular complexity index is 610. The second-order valence-electron chi connectivity index (χ2n) is 4.39. The number of halogens is 1. The smallest absolute Gasteiger partial charge is 0.337 e. The van der Waals surface area contributed by atoms with Gasteiger partial charge in [0.05, 0.1) is 15.5 Å². The first kappa shape index (κ1) is 14.3. The predicted octanol–water partition coefficient (Wildman–Crippen LogP) is 2.21. The van der Waals surface area contributed by atoms with Crippen LogP contribution < -0.4 is 0 Å². The number of hydrogen-bond acceptors (Lipinski definition) is 3. The van der Waals surface area contributed by atoms with Crippen LogP contribution in [-0.4, -0.2) is 36.4 Å². The molecule has 0 bridgehead atoms. The van der Waals surface area contributed by atoms with Gasteiger partial charge in [0.1, 0.15) is 0 Å². The first-order valence-electron chi connectivity index (χ1n) is 5.92. The van der Waals surface area contributed by atoms with Crippen LogP contribution in [-0.2, 0) is 10.0 Å². The van der Waals surface area contributed by atoms with E-state index < -0.39 is 16.0 Å². The summed E-state index contributed by atoms with van der Waals surface area (Å²) < 4.78 is 26.2. The molecule has 0 saturated heterocycles. The molecule has 1 fully saturated rings. The Morgan fingerprint density at radius 3 is 2.58 bits per heavy atom. The lowest BCUT2D eigenvalue weighted by molar-refractivity contribution is 0.0697. The summed E-state index contributed by atoms with van der Waals surface area (Å²) in [5.41, 5.74) is -0.199. The first-order chi connectivity index (χ1) is 8.87. The fraction of sp³-hybridized carbons (Fsp3) is 0.417. The fourth-order valence-electron chi connectivity index (χ4n) is 1.95. The van der Waals surface area contributed by atoms with Crippen LogP contribution in [0.3, 0.4) is 0 Å². The third kappa shape index (κ3) is 2.75. The molecule has 0 aliphatic heterocycles. The molecule has 19 heavy (non-hydrogen) atoms. The summed E-state index contributed by atoms with van der Waals surface area (Å²) >= 11 is 5.74. The molecule has 1 aliphatic rings. The van der Waals surface area contributed by atoms with Gasteiger partial charge in [-0.15, -0.1) is 0 Å². The van der Waals surface area contributed by atoms with Gasteiger partial charge in [-0.3, -0.25) is 0 Å². The number of benzene rings is 1. The molecule has 1 aliphatic carbocycles. The van der Waals surface area contributed by atoms with Gasteiger partial charge in [-0.25, -0.2) is 13.2 Å². The summed E-state index contributed by atoms with van der Waals surface area (Å²) in [5.74, 6) is -1.24. The van der Waals surface area contributed by atoms with E-state index >= 15 is 0 Å². The molecule has 2 rings (SSSR count). The topological polar surface area (TPSA) is 74.7 Å². The summed E-state index contributed by atoms with van der Waals surface area (Å²) in [6.07, 6.45) is 1.71. The Hall–Kier alpha value is -1.11. The number of carbonyl (C=O) groups is 1. The van der Waals surface area contributed by atoms with Crippen LogP contribution in [0.5, 0.6) is 0 Å². The minimum atomic E-state index is -3.65. The van der Waals surface area contributed by atoms with Crippen molar-refractivity contribution in [1.82, 2.24) is 4.31 Å². The molecule has 0 aromatic heterocycles. The molecule has 1 N–H and O–H groups in total. The standard InChI is InChI=1S/C12H14ClNO4S/c1-2-14(8-3-4-8)19(17,18)9-5-6-11(13)10(7-9)12(15)16/h5-8H,2-4H2,1H3,(H,15,16). The largest absolute Gasteiger partial charge is 0.478 e. The number of nitrogens with zero attached hydrogens (tertiary/aromatic N) is 1. The summed E-state index contributed by atoms with van der Waals surface area (Å²) in [6, 6.07) is 3.80. The van der Waals surface area contributed by atoms with Crippen molar-refractivity contribution in [1.29, 1.82) is 0 Å². The van der Waals surface area contributed by atoms with Crippen LogP contribution in [0.4, 0.5) is 0 Å². The van der Waals surface area contributed by atoms with Gasteiger partial charge >= 0.3 is 5.97 Å². The van der Waals surface area contributed by atoms with Crippen molar-refractivity contribution in [2.45, 2.75) is 30.7 Å². The Morgan fingerprint density at radius 2 is 2.11 bits per heavy atom. The Labute approximate surface area is 116 Å². The highest BCUT2D eigenvalue weighted by Crippen LogP contribution is 2.32. The highest BCUT2D eigenvalue weighted by Gasteiger charge is 2.37. The first-order valence-corrected chi connectivity index (χ1v) is 7.74. The maximum Gasteiger partial charge on any atom is 0.337 e. The van der Waals surface area contributed by atoms with E-state index in [-0.39, 0.29) is 21.5 Å². The fourth-order valence-corrected chi connectivity index (χ4v) is 3.87. The van der Waals surface area contributed by atoms with Gasteiger partial charge in [0.25, 0.3) is 0 Å². The van der Waals surface area contributed by atoms with Crippen molar-refractivity contribution < 1.29 is 18.3 Å². The minimum absolute atomic E-state index is 0.0250. The van der Waals surface area contributed by atoms with Crippen molar-refractivity contribution in [3.63, 3.8) is 0 Å². The van der Waals surface area contributed by atoms with E-state index in [2.05, 4.69) is 0 Å². The monoisotopic (exact) mass is 303 g/mol. The van der Waals surface area contributed by atoms with Gasteiger partial charge in [0, 0.05) is 12.6 Å². The van der Waals surface area contributed by atoms with Crippen molar-refractivity contribution in [2.75, 3.05) is 6.54 Å². The Balaban J connectivity index is 2.45. The van der Waals surface area contributed by atoms with Crippen LogP contribution in [0.25, 0.3) is 0 Å². The summed E-state index contributed by atoms with van der Waals surface area (Å²) in [5, 5.41) is 9.01. The van der Waals surface area contributed by atoms with Gasteiger partial charge in [-0.05, 0) is 31.0 Å². The quantitative estimate of drug-likeness (QED) is 0.905. The van der Waals surface area contributed by atoms with Crippen LogP contribution in [0.2, 0.25) is 5.02 Å². The highest BCUT2D eigenvalue weighted by molar-refractivity contribution is 7.89. The maximum absolute atomic E-state index is 12.4. The summed E-state index contributed by atoms with van der Waals surface area (Å²) in [4.78, 5) is 11.0. The minimum Gasteiger partial charge on any atom is -0.478 e. The van der Waals surface area contributed by atoms with Crippen LogP contribution >= 0.6 is 11.6 Å².